The number of hydrogen-bond donors (Lipinski definition) is 2. The van der Waals surface area contributed by atoms with E-state index >= 15 is 0 Å². The highest BCUT2D eigenvalue weighted by molar-refractivity contribution is 6.01. The normalized spacial score (nSPS) is 47.1. The first kappa shape index (κ1) is 21.4. The number of ketones is 2. The molecule has 0 saturated heterocycles. The van der Waals surface area contributed by atoms with Crippen LogP contribution in [0.5, 0.6) is 0 Å². The summed E-state index contributed by atoms with van der Waals surface area (Å²) >= 11 is 0. The molecule has 0 radical (unpaired) electrons. The lowest BCUT2D eigenvalue weighted by Crippen LogP contribution is -2.62. The van der Waals surface area contributed by atoms with Gasteiger partial charge in [0.2, 0.25) is 5.78 Å². The smallest absolute Gasteiger partial charge is 0.303 e. The monoisotopic (exact) mass is 416 g/mol. The van der Waals surface area contributed by atoms with Crippen LogP contribution in [0.2, 0.25) is 0 Å². The van der Waals surface area contributed by atoms with E-state index in [4.69, 9.17) is 4.74 Å². The highest BCUT2D eigenvalue weighted by atomic mass is 16.5. The summed E-state index contributed by atoms with van der Waals surface area (Å²) in [6, 6.07) is 0. The fourth-order valence-corrected chi connectivity index (χ4v) is 7.50. The molecule has 4 aliphatic rings. The van der Waals surface area contributed by atoms with E-state index in [1.165, 1.54) is 6.92 Å². The van der Waals surface area contributed by atoms with Crippen LogP contribution >= 0.6 is 0 Å². The van der Waals surface area contributed by atoms with Gasteiger partial charge in [0.05, 0.1) is 6.10 Å². The number of fused-ring (bicyclic) bond motifs is 5. The van der Waals surface area contributed by atoms with Gasteiger partial charge in [-0.3, -0.25) is 14.4 Å². The van der Waals surface area contributed by atoms with E-state index < -0.39 is 40.9 Å². The fraction of sp³-hybridized carbons (Fsp3) is 0.708. The SMILES string of the molecule is CC(=O)OCC(=O)[C@@]1(O)CC[C@H]2[C@@H]3C[C@H](C)C4=CC(=O)C=CC4(C)[C@H]3[C@@H](O)CC21C. The topological polar surface area (TPSA) is 101 Å². The molecule has 0 aliphatic heterocycles. The maximum atomic E-state index is 12.9. The van der Waals surface area contributed by atoms with Crippen molar-refractivity contribution in [2.45, 2.75) is 65.1 Å². The van der Waals surface area contributed by atoms with Crippen molar-refractivity contribution in [3.05, 3.63) is 23.8 Å². The predicted octanol–water partition coefficient (Wildman–Crippen LogP) is 2.37. The van der Waals surface area contributed by atoms with Crippen LogP contribution in [0, 0.1) is 34.5 Å². The molecule has 0 heterocycles. The number of Topliss-reactive ketones (excluding diaryl/α,β-unsaturated/α-hetero) is 1. The summed E-state index contributed by atoms with van der Waals surface area (Å²) in [5.41, 5.74) is -1.72. The maximum absolute atomic E-state index is 12.9. The average Bonchev–Trinajstić information content (AvgIpc) is 2.93. The lowest BCUT2D eigenvalue weighted by atomic mass is 9.45. The van der Waals surface area contributed by atoms with Gasteiger partial charge in [-0.25, -0.2) is 0 Å². The molecule has 0 aromatic carbocycles. The second-order valence-corrected chi connectivity index (χ2v) is 10.3. The summed E-state index contributed by atoms with van der Waals surface area (Å²) in [5.74, 6) is -0.712. The minimum atomic E-state index is -1.61. The van der Waals surface area contributed by atoms with Gasteiger partial charge >= 0.3 is 5.97 Å². The first-order valence-corrected chi connectivity index (χ1v) is 11.0. The van der Waals surface area contributed by atoms with Crippen molar-refractivity contribution in [1.82, 2.24) is 0 Å². The number of aliphatic hydroxyl groups excluding tert-OH is 1. The number of aliphatic hydroxyl groups is 2. The summed E-state index contributed by atoms with van der Waals surface area (Å²) in [7, 11) is 0. The summed E-state index contributed by atoms with van der Waals surface area (Å²) in [4.78, 5) is 36.1. The van der Waals surface area contributed by atoms with Gasteiger partial charge in [0.1, 0.15) is 5.60 Å². The fourth-order valence-electron chi connectivity index (χ4n) is 7.50. The zero-order valence-corrected chi connectivity index (χ0v) is 18.2. The van der Waals surface area contributed by atoms with Crippen LogP contribution in [-0.2, 0) is 19.1 Å². The zero-order chi connectivity index (χ0) is 22.1. The van der Waals surface area contributed by atoms with E-state index in [1.807, 2.05) is 13.0 Å². The first-order valence-electron chi connectivity index (χ1n) is 11.0. The van der Waals surface area contributed by atoms with Gasteiger partial charge in [-0.05, 0) is 55.6 Å². The Morgan fingerprint density at radius 1 is 1.30 bits per heavy atom. The Balaban J connectivity index is 1.70. The minimum absolute atomic E-state index is 0.00535. The first-order chi connectivity index (χ1) is 13.9. The van der Waals surface area contributed by atoms with E-state index in [0.717, 1.165) is 12.0 Å². The summed E-state index contributed by atoms with van der Waals surface area (Å²) in [6.07, 6.45) is 6.71. The molecule has 30 heavy (non-hydrogen) atoms. The van der Waals surface area contributed by atoms with Gasteiger partial charge in [-0.1, -0.05) is 32.4 Å². The van der Waals surface area contributed by atoms with Crippen molar-refractivity contribution >= 4 is 17.5 Å². The van der Waals surface area contributed by atoms with Crippen LogP contribution in [0.3, 0.4) is 0 Å². The van der Waals surface area contributed by atoms with Crippen molar-refractivity contribution in [1.29, 1.82) is 0 Å². The molecule has 8 atom stereocenters. The summed E-state index contributed by atoms with van der Waals surface area (Å²) in [6.45, 7) is 6.94. The van der Waals surface area contributed by atoms with Crippen LogP contribution in [0.15, 0.2) is 23.8 Å². The van der Waals surface area contributed by atoms with Gasteiger partial charge in [0.25, 0.3) is 0 Å². The van der Waals surface area contributed by atoms with Crippen molar-refractivity contribution in [3.63, 3.8) is 0 Å². The van der Waals surface area contributed by atoms with Gasteiger partial charge < -0.3 is 14.9 Å². The number of esters is 1. The Hall–Kier alpha value is -1.79. The highest BCUT2D eigenvalue weighted by Gasteiger charge is 2.68. The quantitative estimate of drug-likeness (QED) is 0.685. The Kier molecular flexibility index (Phi) is 4.90. The molecule has 0 aromatic rings. The Labute approximate surface area is 177 Å². The Bertz CT molecular complexity index is 858. The van der Waals surface area contributed by atoms with E-state index in [0.29, 0.717) is 19.3 Å². The molecule has 0 aromatic heterocycles. The largest absolute Gasteiger partial charge is 0.458 e. The molecule has 2 unspecified atom stereocenters. The van der Waals surface area contributed by atoms with Crippen LogP contribution in [-0.4, -0.2) is 46.1 Å². The molecule has 4 aliphatic carbocycles. The van der Waals surface area contributed by atoms with Crippen LogP contribution in [0.25, 0.3) is 0 Å². The molecular weight excluding hydrogens is 384 g/mol. The van der Waals surface area contributed by atoms with Crippen molar-refractivity contribution in [3.8, 4) is 0 Å². The second-order valence-electron chi connectivity index (χ2n) is 10.3. The molecule has 3 fully saturated rings. The molecule has 0 amide bonds. The highest BCUT2D eigenvalue weighted by Crippen LogP contribution is 2.67. The molecule has 0 bridgehead atoms. The van der Waals surface area contributed by atoms with Crippen molar-refractivity contribution in [2.75, 3.05) is 6.61 Å². The molecule has 0 spiro atoms. The van der Waals surface area contributed by atoms with E-state index in [-0.39, 0.29) is 29.5 Å². The second kappa shape index (κ2) is 6.86. The van der Waals surface area contributed by atoms with Crippen LogP contribution in [0.4, 0.5) is 0 Å². The third-order valence-corrected chi connectivity index (χ3v) is 8.84. The van der Waals surface area contributed by atoms with E-state index in [2.05, 4.69) is 13.8 Å². The van der Waals surface area contributed by atoms with E-state index in [1.54, 1.807) is 12.2 Å². The number of carbonyl (C=O) groups excluding carboxylic acids is 3. The molecular formula is C24H32O6. The molecule has 6 heteroatoms. The average molecular weight is 417 g/mol. The third-order valence-electron chi connectivity index (χ3n) is 8.84. The summed E-state index contributed by atoms with van der Waals surface area (Å²) in [5, 5.41) is 22.9. The number of rotatable bonds is 3. The summed E-state index contributed by atoms with van der Waals surface area (Å²) < 4.78 is 4.89. The van der Waals surface area contributed by atoms with Crippen molar-refractivity contribution < 1.29 is 29.3 Å². The lowest BCUT2D eigenvalue weighted by Gasteiger charge is -2.60. The Morgan fingerprint density at radius 2 is 2.00 bits per heavy atom. The molecule has 6 nitrogen and oxygen atoms in total. The van der Waals surface area contributed by atoms with E-state index in [9.17, 15) is 24.6 Å². The van der Waals surface area contributed by atoms with Crippen LogP contribution in [0.1, 0.15) is 53.4 Å². The number of ether oxygens (including phenoxy) is 1. The van der Waals surface area contributed by atoms with Crippen LogP contribution < -0.4 is 0 Å². The zero-order valence-electron chi connectivity index (χ0n) is 18.2. The number of allylic oxidation sites excluding steroid dienone is 4. The minimum Gasteiger partial charge on any atom is -0.458 e. The molecule has 3 saturated carbocycles. The van der Waals surface area contributed by atoms with Gasteiger partial charge in [-0.2, -0.15) is 0 Å². The third kappa shape index (κ3) is 2.79. The molecule has 164 valence electrons. The number of hydrogen-bond acceptors (Lipinski definition) is 6. The Morgan fingerprint density at radius 3 is 2.67 bits per heavy atom. The molecule has 2 N–H and O–H groups in total. The van der Waals surface area contributed by atoms with Gasteiger partial charge in [0.15, 0.2) is 12.4 Å². The van der Waals surface area contributed by atoms with Gasteiger partial charge in [-0.15, -0.1) is 0 Å². The maximum Gasteiger partial charge on any atom is 0.303 e. The predicted molar refractivity (Wildman–Crippen MR) is 109 cm³/mol. The lowest BCUT2D eigenvalue weighted by molar-refractivity contribution is -0.182. The van der Waals surface area contributed by atoms with Crippen molar-refractivity contribution in [2.24, 2.45) is 34.5 Å². The standard InChI is InChI=1S/C24H32O6/c1-13-9-16-17-6-8-24(29,20(28)12-30-14(2)25)23(17,4)11-19(27)21(16)22(3)7-5-15(26)10-18(13)22/h5,7,10,13,16-17,19,21,27,29H,6,8-9,11-12H2,1-4H3/t13-,16-,17-,19-,21+,22?,23?,24-/m0/s1. The number of carbonyl (C=O) groups is 3. The molecule has 4 rings (SSSR count). The van der Waals surface area contributed by atoms with Gasteiger partial charge in [0, 0.05) is 23.7 Å².